The zero-order valence-corrected chi connectivity index (χ0v) is 12.2. The van der Waals surface area contributed by atoms with Crippen LogP contribution in [0.15, 0.2) is 17.6 Å². The maximum Gasteiger partial charge on any atom is 0.389 e. The molecule has 0 unspecified atom stereocenters. The van der Waals surface area contributed by atoms with Crippen molar-refractivity contribution in [2.45, 2.75) is 30.6 Å². The Kier molecular flexibility index (Phi) is 5.09. The summed E-state index contributed by atoms with van der Waals surface area (Å²) in [5.41, 5.74) is -1.66. The van der Waals surface area contributed by atoms with Crippen LogP contribution in [0.25, 0.3) is 0 Å². The molecule has 1 rings (SSSR count). The summed E-state index contributed by atoms with van der Waals surface area (Å²) >= 11 is 0. The standard InChI is InChI=1S/C12H11F3N4O2S/c1-22(20,21)10-18-5-9(6-19-10)4-11(7-16,8-17)2-3-12(13,14)15/h5-6H,2-4H2,1H3. The maximum atomic E-state index is 12.3. The van der Waals surface area contributed by atoms with E-state index in [9.17, 15) is 21.6 Å². The molecule has 0 amide bonds. The normalized spacial score (nSPS) is 12.5. The lowest BCUT2D eigenvalue weighted by molar-refractivity contribution is -0.138. The minimum absolute atomic E-state index is 0.206. The summed E-state index contributed by atoms with van der Waals surface area (Å²) in [6.45, 7) is 0. The van der Waals surface area contributed by atoms with Crippen LogP contribution in [-0.4, -0.2) is 30.8 Å². The fraction of sp³-hybridized carbons (Fsp3) is 0.500. The van der Waals surface area contributed by atoms with Crippen molar-refractivity contribution in [2.24, 2.45) is 5.41 Å². The van der Waals surface area contributed by atoms with Gasteiger partial charge in [-0.1, -0.05) is 0 Å². The van der Waals surface area contributed by atoms with Gasteiger partial charge >= 0.3 is 6.18 Å². The number of nitrogens with zero attached hydrogens (tertiary/aromatic N) is 4. The molecule has 1 aromatic heterocycles. The van der Waals surface area contributed by atoms with E-state index in [0.29, 0.717) is 0 Å². The van der Waals surface area contributed by atoms with Crippen LogP contribution in [0.2, 0.25) is 0 Å². The number of nitriles is 2. The average molecular weight is 332 g/mol. The minimum atomic E-state index is -4.48. The van der Waals surface area contributed by atoms with Gasteiger partial charge in [-0.15, -0.1) is 0 Å². The van der Waals surface area contributed by atoms with Gasteiger partial charge in [-0.25, -0.2) is 18.4 Å². The Hall–Kier alpha value is -2.20. The van der Waals surface area contributed by atoms with Crippen molar-refractivity contribution in [3.8, 4) is 12.1 Å². The van der Waals surface area contributed by atoms with E-state index in [1.807, 2.05) is 0 Å². The van der Waals surface area contributed by atoms with Crippen LogP contribution in [0, 0.1) is 28.1 Å². The molecule has 0 N–H and O–H groups in total. The topological polar surface area (TPSA) is 107 Å². The van der Waals surface area contributed by atoms with E-state index in [4.69, 9.17) is 10.5 Å². The van der Waals surface area contributed by atoms with Crippen LogP contribution in [-0.2, 0) is 16.3 Å². The van der Waals surface area contributed by atoms with Gasteiger partial charge in [0.05, 0.1) is 12.1 Å². The summed E-state index contributed by atoms with van der Waals surface area (Å²) in [5.74, 6) is 0. The van der Waals surface area contributed by atoms with E-state index in [1.54, 1.807) is 12.1 Å². The molecule has 1 aromatic rings. The lowest BCUT2D eigenvalue weighted by Gasteiger charge is -2.19. The third-order valence-electron chi connectivity index (χ3n) is 2.78. The minimum Gasteiger partial charge on any atom is -0.227 e. The van der Waals surface area contributed by atoms with Gasteiger partial charge in [0.1, 0.15) is 5.41 Å². The molecule has 1 heterocycles. The monoisotopic (exact) mass is 332 g/mol. The Labute approximate surface area is 125 Å². The fourth-order valence-corrected chi connectivity index (χ4v) is 2.12. The number of hydrogen-bond acceptors (Lipinski definition) is 6. The molecular formula is C12H11F3N4O2S. The number of sulfone groups is 1. The smallest absolute Gasteiger partial charge is 0.227 e. The summed E-state index contributed by atoms with van der Waals surface area (Å²) in [6.07, 6.45) is -3.68. The highest BCUT2D eigenvalue weighted by molar-refractivity contribution is 7.90. The number of rotatable bonds is 5. The number of halogens is 3. The molecular weight excluding hydrogens is 321 g/mol. The van der Waals surface area contributed by atoms with Crippen molar-refractivity contribution in [1.82, 2.24) is 9.97 Å². The Bertz CT molecular complexity index is 701. The van der Waals surface area contributed by atoms with E-state index >= 15 is 0 Å². The van der Waals surface area contributed by atoms with E-state index in [0.717, 1.165) is 18.6 Å². The van der Waals surface area contributed by atoms with Crippen LogP contribution in [0.4, 0.5) is 13.2 Å². The zero-order valence-electron chi connectivity index (χ0n) is 11.4. The highest BCUT2D eigenvalue weighted by Crippen LogP contribution is 2.32. The summed E-state index contributed by atoms with van der Waals surface area (Å²) in [5, 5.41) is 17.6. The first-order valence-corrected chi connectivity index (χ1v) is 7.81. The summed E-state index contributed by atoms with van der Waals surface area (Å²) < 4.78 is 59.2. The van der Waals surface area contributed by atoms with Crippen molar-refractivity contribution in [3.05, 3.63) is 18.0 Å². The molecule has 0 spiro atoms. The summed E-state index contributed by atoms with van der Waals surface area (Å²) in [7, 11) is -3.60. The third-order valence-corrected chi connectivity index (χ3v) is 3.66. The summed E-state index contributed by atoms with van der Waals surface area (Å²) in [6, 6.07) is 3.19. The van der Waals surface area contributed by atoms with Gasteiger partial charge in [0.2, 0.25) is 15.0 Å². The van der Waals surface area contributed by atoms with Crippen molar-refractivity contribution in [3.63, 3.8) is 0 Å². The molecule has 22 heavy (non-hydrogen) atoms. The van der Waals surface area contributed by atoms with Crippen molar-refractivity contribution < 1.29 is 21.6 Å². The van der Waals surface area contributed by atoms with Crippen molar-refractivity contribution >= 4 is 9.84 Å². The number of hydrogen-bond donors (Lipinski definition) is 0. The van der Waals surface area contributed by atoms with Crippen LogP contribution in [0.1, 0.15) is 18.4 Å². The molecule has 0 fully saturated rings. The molecule has 0 aliphatic carbocycles. The number of aromatic nitrogens is 2. The Morgan fingerprint density at radius 1 is 1.14 bits per heavy atom. The van der Waals surface area contributed by atoms with E-state index < -0.39 is 39.4 Å². The molecule has 0 aliphatic rings. The fourth-order valence-electron chi connectivity index (χ4n) is 1.63. The molecule has 0 aromatic carbocycles. The van der Waals surface area contributed by atoms with Crippen LogP contribution in [0.3, 0.4) is 0 Å². The maximum absolute atomic E-state index is 12.3. The second-order valence-corrected chi connectivity index (χ2v) is 6.65. The summed E-state index contributed by atoms with van der Waals surface area (Å²) in [4.78, 5) is 7.14. The molecule has 0 atom stereocenters. The predicted molar refractivity (Wildman–Crippen MR) is 67.8 cm³/mol. The first-order chi connectivity index (χ1) is 10.0. The van der Waals surface area contributed by atoms with Gasteiger partial charge in [-0.2, -0.15) is 23.7 Å². The van der Waals surface area contributed by atoms with Crippen LogP contribution in [0.5, 0.6) is 0 Å². The molecule has 0 saturated carbocycles. The predicted octanol–water partition coefficient (Wildman–Crippen LogP) is 1.80. The molecule has 0 aliphatic heterocycles. The lowest BCUT2D eigenvalue weighted by Crippen LogP contribution is -2.23. The first-order valence-electron chi connectivity index (χ1n) is 5.92. The third kappa shape index (κ3) is 4.97. The average Bonchev–Trinajstić information content (AvgIpc) is 2.42. The molecule has 118 valence electrons. The lowest BCUT2D eigenvalue weighted by atomic mass is 9.81. The molecule has 0 saturated heterocycles. The van der Waals surface area contributed by atoms with Gasteiger partial charge in [0.15, 0.2) is 0 Å². The van der Waals surface area contributed by atoms with Crippen molar-refractivity contribution in [2.75, 3.05) is 6.26 Å². The molecule has 6 nitrogen and oxygen atoms in total. The highest BCUT2D eigenvalue weighted by Gasteiger charge is 2.37. The molecule has 0 radical (unpaired) electrons. The van der Waals surface area contributed by atoms with E-state index in [1.165, 1.54) is 0 Å². The van der Waals surface area contributed by atoms with Crippen LogP contribution < -0.4 is 0 Å². The van der Waals surface area contributed by atoms with Gasteiger partial charge in [-0.05, 0) is 12.0 Å². The Balaban J connectivity index is 2.97. The zero-order chi connectivity index (χ0) is 17.0. The van der Waals surface area contributed by atoms with Gasteiger partial charge in [0, 0.05) is 31.5 Å². The van der Waals surface area contributed by atoms with Crippen LogP contribution >= 0.6 is 0 Å². The van der Waals surface area contributed by atoms with Gasteiger partial charge in [0.25, 0.3) is 0 Å². The van der Waals surface area contributed by atoms with Gasteiger partial charge < -0.3 is 0 Å². The quantitative estimate of drug-likeness (QED) is 0.761. The Morgan fingerprint density at radius 2 is 1.64 bits per heavy atom. The second kappa shape index (κ2) is 6.28. The largest absolute Gasteiger partial charge is 0.389 e. The van der Waals surface area contributed by atoms with Crippen molar-refractivity contribution in [1.29, 1.82) is 10.5 Å². The SMILES string of the molecule is CS(=O)(=O)c1ncc(CC(C#N)(C#N)CCC(F)(F)F)cn1. The van der Waals surface area contributed by atoms with Gasteiger partial charge in [-0.3, -0.25) is 0 Å². The Morgan fingerprint density at radius 3 is 2.00 bits per heavy atom. The first kappa shape index (κ1) is 17.9. The highest BCUT2D eigenvalue weighted by atomic mass is 32.2. The molecule has 0 bridgehead atoms. The molecule has 10 heteroatoms. The van der Waals surface area contributed by atoms with E-state index in [-0.39, 0.29) is 12.0 Å². The second-order valence-electron chi connectivity index (χ2n) is 4.74. The number of alkyl halides is 3. The van der Waals surface area contributed by atoms with E-state index in [2.05, 4.69) is 9.97 Å².